The fourth-order valence-corrected chi connectivity index (χ4v) is 4.59. The average Bonchev–Trinajstić information content (AvgIpc) is 3.54. The molecule has 3 aromatic heterocycles. The standard InChI is InChI=1S/C26H26N6O4/c1-16-9-10-32(29-16)24-22-21(20(36-3)14-28-24)19(13-27-22)23(33)26(35)30-11-12-31(17(2)15-30)25(34)18-7-5-4-6-8-18/h4-10,13-14,17,27H,11-12,15H2,1-3H3. The molecule has 1 fully saturated rings. The molecule has 1 N–H and O–H groups in total. The van der Waals surface area contributed by atoms with Crippen LogP contribution in [-0.4, -0.2) is 79.9 Å². The maximum absolute atomic E-state index is 13.4. The average molecular weight is 487 g/mol. The van der Waals surface area contributed by atoms with E-state index in [9.17, 15) is 14.4 Å². The molecule has 0 bridgehead atoms. The topological polar surface area (TPSA) is 113 Å². The second-order valence-corrected chi connectivity index (χ2v) is 8.80. The number of carbonyl (C=O) groups is 3. The second kappa shape index (κ2) is 9.29. The molecule has 0 aliphatic carbocycles. The summed E-state index contributed by atoms with van der Waals surface area (Å²) in [6, 6.07) is 10.7. The third kappa shape index (κ3) is 4.00. The third-order valence-electron chi connectivity index (χ3n) is 6.45. The number of fused-ring (bicyclic) bond motifs is 1. The van der Waals surface area contributed by atoms with Crippen LogP contribution in [0.3, 0.4) is 0 Å². The summed E-state index contributed by atoms with van der Waals surface area (Å²) in [5.74, 6) is -0.487. The van der Waals surface area contributed by atoms with Crippen LogP contribution in [-0.2, 0) is 4.79 Å². The van der Waals surface area contributed by atoms with E-state index < -0.39 is 11.7 Å². The Kier molecular flexibility index (Phi) is 6.01. The second-order valence-electron chi connectivity index (χ2n) is 8.80. The lowest BCUT2D eigenvalue weighted by atomic mass is 10.1. The Balaban J connectivity index is 1.39. The predicted octanol–water partition coefficient (Wildman–Crippen LogP) is 2.62. The number of amides is 2. The first-order chi connectivity index (χ1) is 17.4. The Morgan fingerprint density at radius 1 is 1.11 bits per heavy atom. The van der Waals surface area contributed by atoms with Crippen LogP contribution in [0.5, 0.6) is 5.75 Å². The number of rotatable bonds is 5. The molecule has 0 radical (unpaired) electrons. The van der Waals surface area contributed by atoms with Crippen molar-refractivity contribution in [3.63, 3.8) is 0 Å². The number of aryl methyl sites for hydroxylation is 1. The van der Waals surface area contributed by atoms with E-state index >= 15 is 0 Å². The molecule has 1 unspecified atom stereocenters. The van der Waals surface area contributed by atoms with Crippen molar-refractivity contribution in [2.75, 3.05) is 26.7 Å². The van der Waals surface area contributed by atoms with Crippen molar-refractivity contribution in [2.45, 2.75) is 19.9 Å². The number of hydrogen-bond donors (Lipinski definition) is 1. The lowest BCUT2D eigenvalue weighted by Crippen LogP contribution is -2.56. The van der Waals surface area contributed by atoms with E-state index in [1.165, 1.54) is 24.4 Å². The van der Waals surface area contributed by atoms with Crippen molar-refractivity contribution in [3.8, 4) is 11.6 Å². The number of pyridine rings is 1. The number of ether oxygens (including phenoxy) is 1. The summed E-state index contributed by atoms with van der Waals surface area (Å²) in [4.78, 5) is 50.3. The van der Waals surface area contributed by atoms with Gasteiger partial charge in [0, 0.05) is 43.6 Å². The molecule has 4 heterocycles. The molecule has 2 amide bonds. The minimum Gasteiger partial charge on any atom is -0.494 e. The van der Waals surface area contributed by atoms with Crippen molar-refractivity contribution in [1.29, 1.82) is 0 Å². The number of aromatic nitrogens is 4. The van der Waals surface area contributed by atoms with E-state index in [0.29, 0.717) is 34.6 Å². The number of ketones is 1. The minimum absolute atomic E-state index is 0.0863. The van der Waals surface area contributed by atoms with Crippen LogP contribution >= 0.6 is 0 Å². The van der Waals surface area contributed by atoms with Gasteiger partial charge in [-0.1, -0.05) is 18.2 Å². The van der Waals surface area contributed by atoms with Crippen molar-refractivity contribution in [1.82, 2.24) is 29.5 Å². The van der Waals surface area contributed by atoms with Gasteiger partial charge in [-0.3, -0.25) is 14.4 Å². The zero-order valence-electron chi connectivity index (χ0n) is 20.3. The first-order valence-electron chi connectivity index (χ1n) is 11.7. The summed E-state index contributed by atoms with van der Waals surface area (Å²) in [6.07, 6.45) is 4.79. The normalized spacial score (nSPS) is 15.8. The fraction of sp³-hybridized carbons (Fsp3) is 0.269. The number of carbonyl (C=O) groups excluding carboxylic acids is 3. The van der Waals surface area contributed by atoms with Gasteiger partial charge in [0.15, 0.2) is 5.82 Å². The SMILES string of the molecule is COc1cnc(-n2ccc(C)n2)c2[nH]cc(C(=O)C(=O)N3CCN(C(=O)c4ccccc4)C(C)C3)c12. The number of aromatic amines is 1. The lowest BCUT2D eigenvalue weighted by molar-refractivity contribution is -0.128. The van der Waals surface area contributed by atoms with Crippen LogP contribution in [0, 0.1) is 6.92 Å². The summed E-state index contributed by atoms with van der Waals surface area (Å²) in [5.41, 5.74) is 2.16. The van der Waals surface area contributed by atoms with E-state index in [0.717, 1.165) is 5.69 Å². The molecule has 10 heteroatoms. The van der Waals surface area contributed by atoms with E-state index in [1.54, 1.807) is 27.9 Å². The molecule has 4 aromatic rings. The molecule has 1 saturated heterocycles. The first kappa shape index (κ1) is 23.3. The van der Waals surface area contributed by atoms with Crippen molar-refractivity contribution in [2.24, 2.45) is 0 Å². The van der Waals surface area contributed by atoms with E-state index in [-0.39, 0.29) is 30.6 Å². The quantitative estimate of drug-likeness (QED) is 0.343. The third-order valence-corrected chi connectivity index (χ3v) is 6.45. The summed E-state index contributed by atoms with van der Waals surface area (Å²) in [7, 11) is 1.49. The highest BCUT2D eigenvalue weighted by atomic mass is 16.5. The number of piperazine rings is 1. The van der Waals surface area contributed by atoms with Gasteiger partial charge in [-0.25, -0.2) is 9.67 Å². The highest BCUT2D eigenvalue weighted by Gasteiger charge is 2.34. The van der Waals surface area contributed by atoms with Crippen molar-refractivity contribution in [3.05, 3.63) is 71.8 Å². The van der Waals surface area contributed by atoms with Gasteiger partial charge in [-0.05, 0) is 32.0 Å². The van der Waals surface area contributed by atoms with Gasteiger partial charge >= 0.3 is 0 Å². The largest absolute Gasteiger partial charge is 0.494 e. The van der Waals surface area contributed by atoms with Crippen molar-refractivity contribution < 1.29 is 19.1 Å². The van der Waals surface area contributed by atoms with Gasteiger partial charge < -0.3 is 19.5 Å². The number of benzene rings is 1. The van der Waals surface area contributed by atoms with Crippen LogP contribution < -0.4 is 4.74 Å². The number of nitrogens with zero attached hydrogens (tertiary/aromatic N) is 5. The smallest absolute Gasteiger partial charge is 0.295 e. The molecule has 184 valence electrons. The monoisotopic (exact) mass is 486 g/mol. The maximum atomic E-state index is 13.4. The Morgan fingerprint density at radius 2 is 1.89 bits per heavy atom. The van der Waals surface area contributed by atoms with Crippen LogP contribution in [0.1, 0.15) is 33.3 Å². The zero-order chi connectivity index (χ0) is 25.4. The van der Waals surface area contributed by atoms with Gasteiger partial charge in [0.1, 0.15) is 5.75 Å². The fourth-order valence-electron chi connectivity index (χ4n) is 4.59. The summed E-state index contributed by atoms with van der Waals surface area (Å²) >= 11 is 0. The Labute approximate surface area is 207 Å². The van der Waals surface area contributed by atoms with Crippen molar-refractivity contribution >= 4 is 28.5 Å². The number of H-pyrrole nitrogens is 1. The molecule has 10 nitrogen and oxygen atoms in total. The highest BCUT2D eigenvalue weighted by Crippen LogP contribution is 2.32. The maximum Gasteiger partial charge on any atom is 0.295 e. The number of hydrogen-bond acceptors (Lipinski definition) is 6. The molecule has 1 aliphatic rings. The molecule has 1 atom stereocenters. The zero-order valence-corrected chi connectivity index (χ0v) is 20.3. The van der Waals surface area contributed by atoms with E-state index in [4.69, 9.17) is 4.74 Å². The first-order valence-corrected chi connectivity index (χ1v) is 11.7. The lowest BCUT2D eigenvalue weighted by Gasteiger charge is -2.39. The van der Waals surface area contributed by atoms with Crippen LogP contribution in [0.15, 0.2) is 55.0 Å². The molecule has 36 heavy (non-hydrogen) atoms. The predicted molar refractivity (Wildman–Crippen MR) is 132 cm³/mol. The molecule has 0 spiro atoms. The molecule has 1 aromatic carbocycles. The van der Waals surface area contributed by atoms with Crippen LogP contribution in [0.4, 0.5) is 0 Å². The number of methoxy groups -OCH3 is 1. The highest BCUT2D eigenvalue weighted by molar-refractivity contribution is 6.45. The summed E-state index contributed by atoms with van der Waals surface area (Å²) in [6.45, 7) is 4.63. The number of Topliss-reactive ketones (excluding diaryl/α,β-unsaturated/α-hetero) is 1. The van der Waals surface area contributed by atoms with Gasteiger partial charge in [0.2, 0.25) is 0 Å². The van der Waals surface area contributed by atoms with Crippen LogP contribution in [0.25, 0.3) is 16.7 Å². The molecule has 0 saturated carbocycles. The van der Waals surface area contributed by atoms with Gasteiger partial charge in [-0.15, -0.1) is 0 Å². The molecular formula is C26H26N6O4. The number of nitrogens with one attached hydrogen (secondary N) is 1. The van der Waals surface area contributed by atoms with Crippen LogP contribution in [0.2, 0.25) is 0 Å². The Hall–Kier alpha value is -4.47. The Bertz CT molecular complexity index is 1460. The Morgan fingerprint density at radius 3 is 2.56 bits per heavy atom. The summed E-state index contributed by atoms with van der Waals surface area (Å²) in [5, 5.41) is 4.87. The van der Waals surface area contributed by atoms with E-state index in [2.05, 4.69) is 15.1 Å². The van der Waals surface area contributed by atoms with E-state index in [1.807, 2.05) is 38.1 Å². The van der Waals surface area contributed by atoms with Gasteiger partial charge in [-0.2, -0.15) is 5.10 Å². The minimum atomic E-state index is -0.650. The van der Waals surface area contributed by atoms with Gasteiger partial charge in [0.05, 0.1) is 35.5 Å². The summed E-state index contributed by atoms with van der Waals surface area (Å²) < 4.78 is 7.07. The molecular weight excluding hydrogens is 460 g/mol. The van der Waals surface area contributed by atoms with Gasteiger partial charge in [0.25, 0.3) is 17.6 Å². The molecule has 1 aliphatic heterocycles. The molecule has 5 rings (SSSR count).